The van der Waals surface area contributed by atoms with Gasteiger partial charge in [0.2, 0.25) is 0 Å². The molecule has 0 aromatic rings. The quantitative estimate of drug-likeness (QED) is 0.297. The van der Waals surface area contributed by atoms with Crippen LogP contribution in [0.1, 0.15) is 53.4 Å². The zero-order chi connectivity index (χ0) is 11.5. The molecular formula is C12H28Bi2S. The molecule has 0 aliphatic rings. The molecule has 0 unspecified atom stereocenters. The third kappa shape index (κ3) is 9.79. The van der Waals surface area contributed by atoms with E-state index in [-0.39, 0.29) is 0 Å². The van der Waals surface area contributed by atoms with E-state index in [0.29, 0.717) is 0 Å². The van der Waals surface area contributed by atoms with Crippen molar-refractivity contribution < 1.29 is 0 Å². The minimum atomic E-state index is -0.988. The second kappa shape index (κ2) is 12.6. The van der Waals surface area contributed by atoms with Crippen molar-refractivity contribution in [2.24, 2.45) is 0 Å². The summed E-state index contributed by atoms with van der Waals surface area (Å²) in [7, 11) is 0. The molecule has 0 saturated heterocycles. The van der Waals surface area contributed by atoms with E-state index < -0.39 is 40.6 Å². The fraction of sp³-hybridized carbons (Fsp3) is 1.00. The van der Waals surface area contributed by atoms with Crippen LogP contribution in [0, 0.1) is 0 Å². The van der Waals surface area contributed by atoms with Gasteiger partial charge in [0.25, 0.3) is 0 Å². The summed E-state index contributed by atoms with van der Waals surface area (Å²) in [5.41, 5.74) is 0. The average Bonchev–Trinajstić information content (AvgIpc) is 2.19. The fourth-order valence-corrected chi connectivity index (χ4v) is 92.6. The third-order valence-electron chi connectivity index (χ3n) is 2.12. The van der Waals surface area contributed by atoms with E-state index in [1.807, 2.05) is 0 Å². The molecule has 92 valence electrons. The Morgan fingerprint density at radius 3 is 1.07 bits per heavy atom. The number of hydrogen-bond acceptors (Lipinski definition) is 1. The monoisotopic (exact) mass is 622 g/mol. The molecule has 0 aliphatic carbocycles. The summed E-state index contributed by atoms with van der Waals surface area (Å²) in [6.45, 7) is 9.56. The Morgan fingerprint density at radius 1 is 0.600 bits per heavy atom. The Kier molecular flexibility index (Phi) is 14.3. The van der Waals surface area contributed by atoms with Gasteiger partial charge >= 0.3 is 116 Å². The summed E-state index contributed by atoms with van der Waals surface area (Å²) in [5.74, 6) is 0. The van der Waals surface area contributed by atoms with E-state index in [1.165, 1.54) is 25.7 Å². The molecule has 0 bridgehead atoms. The Labute approximate surface area is 114 Å². The zero-order valence-electron chi connectivity index (χ0n) is 11.0. The van der Waals surface area contributed by atoms with Gasteiger partial charge in [0, 0.05) is 0 Å². The van der Waals surface area contributed by atoms with Crippen LogP contribution in [0.15, 0.2) is 0 Å². The summed E-state index contributed by atoms with van der Waals surface area (Å²) in [6.07, 6.45) is 5.89. The van der Waals surface area contributed by atoms with Gasteiger partial charge < -0.3 is 0 Å². The first kappa shape index (κ1) is 17.1. The molecule has 0 aromatic carbocycles. The van der Waals surface area contributed by atoms with Crippen LogP contribution in [0.4, 0.5) is 0 Å². The Morgan fingerprint density at radius 2 is 0.867 bits per heavy atom. The summed E-state index contributed by atoms with van der Waals surface area (Å²) < 4.78 is 6.69. The first-order valence-electron chi connectivity index (χ1n) is 6.46. The van der Waals surface area contributed by atoms with Gasteiger partial charge in [0.15, 0.2) is 0 Å². The molecule has 0 aromatic heterocycles. The third-order valence-corrected chi connectivity index (χ3v) is 76.4. The van der Waals surface area contributed by atoms with Crippen LogP contribution in [0.5, 0.6) is 0 Å². The molecule has 0 rings (SSSR count). The molecule has 0 heterocycles. The van der Waals surface area contributed by atoms with E-state index >= 15 is 0 Å². The van der Waals surface area contributed by atoms with Crippen LogP contribution in [-0.2, 0) is 0 Å². The minimum absolute atomic E-state index is 0.988. The summed E-state index contributed by atoms with van der Waals surface area (Å²) in [4.78, 5) is 0. The standard InChI is InChI=1S/4C3H7.2Bi.S/c4*1-3-2;;;/h4*1,3H2,2H3;;;. The van der Waals surface area contributed by atoms with E-state index in [4.69, 9.17) is 0 Å². The molecule has 0 atom stereocenters. The average molecular weight is 622 g/mol. The van der Waals surface area contributed by atoms with Crippen LogP contribution in [0.25, 0.3) is 0 Å². The summed E-state index contributed by atoms with van der Waals surface area (Å²) >= 11 is -1.98. The van der Waals surface area contributed by atoms with Crippen molar-refractivity contribution in [2.75, 3.05) is 0 Å². The first-order chi connectivity index (χ1) is 7.28. The summed E-state index contributed by atoms with van der Waals surface area (Å²) in [5, 5.41) is 2.70. The van der Waals surface area contributed by atoms with Gasteiger partial charge in [-0.15, -0.1) is 0 Å². The SMILES string of the molecule is CC[CH2][Bi]([CH2]CC)[S][Bi]([CH2]CC)[CH2]CC. The maximum atomic E-state index is 2.70. The molecule has 0 nitrogen and oxygen atoms in total. The van der Waals surface area contributed by atoms with Gasteiger partial charge in [-0.2, -0.15) is 0 Å². The predicted molar refractivity (Wildman–Crippen MR) is 79.5 cm³/mol. The van der Waals surface area contributed by atoms with Crippen LogP contribution in [-0.4, -0.2) is 40.6 Å². The van der Waals surface area contributed by atoms with Crippen molar-refractivity contribution in [1.29, 1.82) is 0 Å². The van der Waals surface area contributed by atoms with Gasteiger partial charge in [-0.25, -0.2) is 0 Å². The molecule has 0 aliphatic heterocycles. The van der Waals surface area contributed by atoms with Crippen molar-refractivity contribution in [3.05, 3.63) is 0 Å². The summed E-state index contributed by atoms with van der Waals surface area (Å²) in [6, 6.07) is 0. The topological polar surface area (TPSA) is 0 Å². The molecule has 0 fully saturated rings. The van der Waals surface area contributed by atoms with Crippen molar-refractivity contribution in [1.82, 2.24) is 0 Å². The molecule has 0 spiro atoms. The molecule has 15 heavy (non-hydrogen) atoms. The van der Waals surface area contributed by atoms with Gasteiger partial charge in [-0.05, 0) is 0 Å². The van der Waals surface area contributed by atoms with Crippen molar-refractivity contribution in [3.8, 4) is 0 Å². The van der Waals surface area contributed by atoms with Gasteiger partial charge in [-0.1, -0.05) is 0 Å². The Bertz CT molecular complexity index is 105. The van der Waals surface area contributed by atoms with E-state index in [9.17, 15) is 0 Å². The van der Waals surface area contributed by atoms with Gasteiger partial charge in [0.05, 0.1) is 0 Å². The molecule has 3 heteroatoms. The fourth-order valence-electron chi connectivity index (χ4n) is 1.55. The normalized spacial score (nSPS) is 11.6. The maximum absolute atomic E-state index is 2.70. The molecule has 0 amide bonds. The second-order valence-corrected chi connectivity index (χ2v) is 46.2. The number of rotatable bonds is 10. The van der Waals surface area contributed by atoms with Crippen LogP contribution in [0.2, 0.25) is 16.5 Å². The Balaban J connectivity index is 3.93. The van der Waals surface area contributed by atoms with Crippen molar-refractivity contribution >= 4 is 45.8 Å². The number of hydrogen-bond donors (Lipinski definition) is 0. The Hall–Kier alpha value is 2.12. The van der Waals surface area contributed by atoms with Gasteiger partial charge in [-0.3, -0.25) is 0 Å². The van der Waals surface area contributed by atoms with E-state index in [2.05, 4.69) is 33.0 Å². The van der Waals surface area contributed by atoms with Crippen LogP contribution < -0.4 is 0 Å². The zero-order valence-corrected chi connectivity index (χ0v) is 18.7. The predicted octanol–water partition coefficient (Wildman–Crippen LogP) is 5.34. The van der Waals surface area contributed by atoms with E-state index in [1.54, 1.807) is 16.5 Å². The van der Waals surface area contributed by atoms with Crippen molar-refractivity contribution in [2.45, 2.75) is 69.9 Å². The van der Waals surface area contributed by atoms with Gasteiger partial charge in [0.1, 0.15) is 0 Å². The van der Waals surface area contributed by atoms with E-state index in [0.717, 1.165) is 0 Å². The second-order valence-electron chi connectivity index (χ2n) is 3.94. The molecular weight excluding hydrogens is 594 g/mol. The molecule has 0 radical (unpaired) electrons. The van der Waals surface area contributed by atoms with Crippen molar-refractivity contribution in [3.63, 3.8) is 0 Å². The molecule has 0 N–H and O–H groups in total. The van der Waals surface area contributed by atoms with Crippen LogP contribution in [0.3, 0.4) is 0 Å². The molecule has 0 saturated carbocycles. The first-order valence-corrected chi connectivity index (χ1v) is 25.5. The van der Waals surface area contributed by atoms with Crippen LogP contribution >= 0.6 is 5.27 Å².